The van der Waals surface area contributed by atoms with E-state index in [0.717, 1.165) is 6.07 Å². The molecule has 15 heteroatoms. The van der Waals surface area contributed by atoms with Crippen molar-refractivity contribution in [3.05, 3.63) is 47.2 Å². The molecule has 0 spiro atoms. The summed E-state index contributed by atoms with van der Waals surface area (Å²) in [7, 11) is 3.09. The van der Waals surface area contributed by atoms with E-state index < -0.39 is 46.1 Å². The van der Waals surface area contributed by atoms with Gasteiger partial charge in [-0.05, 0) is 50.4 Å². The number of fused-ring (bicyclic) bond motifs is 1. The van der Waals surface area contributed by atoms with Crippen molar-refractivity contribution < 1.29 is 27.9 Å². The van der Waals surface area contributed by atoms with Crippen LogP contribution in [-0.2, 0) is 14.4 Å². The standard InChI is InChI=1S/C30H36ClF2N7O4.ClH/c1-15(34-5)27(41)39-25(30(2,3)4)29(43)40-11-7-8-21(40)28(42)38-20-12-16-19(13-22(20)44-6)35-14-36-26(16)37-18-10-9-17(32)23(31)24(18)33;/h9-10,12-15,21,25,34H,7-8,11H2,1-6H3,(H,38,42)(H,39,41)(H,35,36,37);1H/t15-,21?,25+;/m0./s1. The summed E-state index contributed by atoms with van der Waals surface area (Å²) in [5.74, 6) is -2.54. The normalized spacial score (nSPS) is 16.0. The highest BCUT2D eigenvalue weighted by Gasteiger charge is 2.42. The van der Waals surface area contributed by atoms with E-state index in [9.17, 15) is 23.2 Å². The molecule has 0 aliphatic carbocycles. The lowest BCUT2D eigenvalue weighted by Gasteiger charge is -2.36. The van der Waals surface area contributed by atoms with Crippen molar-refractivity contribution >= 4 is 69.8 Å². The van der Waals surface area contributed by atoms with Crippen LogP contribution < -0.4 is 26.0 Å². The van der Waals surface area contributed by atoms with Gasteiger partial charge in [0.05, 0.1) is 30.0 Å². The lowest BCUT2D eigenvalue weighted by atomic mass is 9.85. The number of methoxy groups -OCH3 is 1. The van der Waals surface area contributed by atoms with Gasteiger partial charge in [-0.2, -0.15) is 0 Å². The van der Waals surface area contributed by atoms with E-state index in [-0.39, 0.29) is 41.4 Å². The van der Waals surface area contributed by atoms with E-state index in [0.29, 0.717) is 36.0 Å². The molecule has 1 aromatic heterocycles. The Hall–Kier alpha value is -3.81. The van der Waals surface area contributed by atoms with Gasteiger partial charge in [-0.3, -0.25) is 14.4 Å². The number of nitrogens with one attached hydrogen (secondary N) is 4. The number of likely N-dealkylation sites (N-methyl/N-ethyl adjacent to an activating group) is 1. The Morgan fingerprint density at radius 2 is 1.84 bits per heavy atom. The maximum atomic E-state index is 14.6. The molecule has 1 unspecified atom stereocenters. The number of benzene rings is 2. The second kappa shape index (κ2) is 14.5. The first-order valence-electron chi connectivity index (χ1n) is 14.1. The van der Waals surface area contributed by atoms with Gasteiger partial charge in [-0.15, -0.1) is 12.4 Å². The lowest BCUT2D eigenvalue weighted by Crippen LogP contribution is -2.59. The van der Waals surface area contributed by atoms with E-state index in [1.54, 1.807) is 26.1 Å². The predicted octanol–water partition coefficient (Wildman–Crippen LogP) is 4.80. The number of aromatic nitrogens is 2. The third kappa shape index (κ3) is 7.71. The molecule has 2 aromatic carbocycles. The van der Waals surface area contributed by atoms with Gasteiger partial charge in [-0.1, -0.05) is 32.4 Å². The largest absolute Gasteiger partial charge is 0.494 e. The average molecular weight is 669 g/mol. The summed E-state index contributed by atoms with van der Waals surface area (Å²) in [6.07, 6.45) is 2.28. The number of rotatable bonds is 9. The molecule has 1 aliphatic heterocycles. The number of carbonyl (C=O) groups is 3. The molecule has 2 heterocycles. The fraction of sp³-hybridized carbons (Fsp3) is 0.433. The number of halogens is 4. The Morgan fingerprint density at radius 1 is 1.13 bits per heavy atom. The van der Waals surface area contributed by atoms with E-state index in [2.05, 4.69) is 31.2 Å². The van der Waals surface area contributed by atoms with Crippen molar-refractivity contribution in [1.29, 1.82) is 0 Å². The number of nitrogens with zero attached hydrogens (tertiary/aromatic N) is 3. The molecule has 0 radical (unpaired) electrons. The molecule has 3 aromatic rings. The Labute approximate surface area is 271 Å². The molecule has 1 fully saturated rings. The van der Waals surface area contributed by atoms with Crippen molar-refractivity contribution in [1.82, 2.24) is 25.5 Å². The number of carbonyl (C=O) groups excluding carboxylic acids is 3. The first-order chi connectivity index (χ1) is 20.8. The van der Waals surface area contributed by atoms with Gasteiger partial charge in [0.1, 0.15) is 40.8 Å². The minimum absolute atomic E-state index is 0. The Kier molecular flexibility index (Phi) is 11.5. The molecule has 244 valence electrons. The molecular weight excluding hydrogens is 631 g/mol. The van der Waals surface area contributed by atoms with Crippen molar-refractivity contribution in [3.63, 3.8) is 0 Å². The van der Waals surface area contributed by atoms with Gasteiger partial charge in [0, 0.05) is 18.0 Å². The van der Waals surface area contributed by atoms with E-state index in [1.165, 1.54) is 24.4 Å². The molecule has 3 amide bonds. The van der Waals surface area contributed by atoms with Crippen LogP contribution in [0.4, 0.5) is 26.0 Å². The van der Waals surface area contributed by atoms with Crippen molar-refractivity contribution in [3.8, 4) is 5.75 Å². The molecule has 0 bridgehead atoms. The van der Waals surface area contributed by atoms with Gasteiger partial charge >= 0.3 is 0 Å². The first kappa shape index (κ1) is 35.7. The zero-order valence-electron chi connectivity index (χ0n) is 25.8. The number of hydrogen-bond acceptors (Lipinski definition) is 8. The van der Waals surface area contributed by atoms with Crippen molar-refractivity contribution in [2.45, 2.75) is 58.7 Å². The average Bonchev–Trinajstić information content (AvgIpc) is 3.49. The highest BCUT2D eigenvalue weighted by atomic mass is 35.5. The highest BCUT2D eigenvalue weighted by molar-refractivity contribution is 6.31. The SMILES string of the molecule is CN[C@@H](C)C(=O)N[C@H](C(=O)N1CCCC1C(=O)Nc1cc2c(Nc3ccc(F)c(Cl)c3F)ncnc2cc1OC)C(C)(C)C.Cl. The zero-order valence-corrected chi connectivity index (χ0v) is 27.3. The number of hydrogen-bond donors (Lipinski definition) is 4. The van der Waals surface area contributed by atoms with Gasteiger partial charge in [0.25, 0.3) is 0 Å². The highest BCUT2D eigenvalue weighted by Crippen LogP contribution is 2.35. The predicted molar refractivity (Wildman–Crippen MR) is 171 cm³/mol. The van der Waals surface area contributed by atoms with E-state index in [1.807, 2.05) is 20.8 Å². The lowest BCUT2D eigenvalue weighted by molar-refractivity contribution is -0.143. The summed E-state index contributed by atoms with van der Waals surface area (Å²) in [6, 6.07) is 3.19. The third-order valence-corrected chi connectivity index (χ3v) is 7.91. The fourth-order valence-corrected chi connectivity index (χ4v) is 5.10. The maximum Gasteiger partial charge on any atom is 0.247 e. The van der Waals surface area contributed by atoms with Crippen LogP contribution in [0.25, 0.3) is 10.9 Å². The zero-order chi connectivity index (χ0) is 32.3. The van der Waals surface area contributed by atoms with Gasteiger partial charge in [0.2, 0.25) is 17.7 Å². The van der Waals surface area contributed by atoms with Crippen LogP contribution in [-0.4, -0.2) is 71.4 Å². The minimum atomic E-state index is -0.989. The molecule has 1 aliphatic rings. The van der Waals surface area contributed by atoms with E-state index >= 15 is 0 Å². The second-order valence-electron chi connectivity index (χ2n) is 11.6. The molecule has 4 N–H and O–H groups in total. The monoisotopic (exact) mass is 667 g/mol. The molecule has 0 saturated carbocycles. The van der Waals surface area contributed by atoms with Crippen LogP contribution in [0.1, 0.15) is 40.5 Å². The fourth-order valence-electron chi connectivity index (χ4n) is 4.93. The third-order valence-electron chi connectivity index (χ3n) is 7.57. The summed E-state index contributed by atoms with van der Waals surface area (Å²) < 4.78 is 33.8. The summed E-state index contributed by atoms with van der Waals surface area (Å²) in [5, 5.41) is 11.1. The van der Waals surface area contributed by atoms with E-state index in [4.69, 9.17) is 16.3 Å². The number of likely N-dealkylation sites (tertiary alicyclic amines) is 1. The Balaban J connectivity index is 0.00000552. The molecule has 3 atom stereocenters. The summed E-state index contributed by atoms with van der Waals surface area (Å²) in [5.41, 5.74) is -0.0442. The minimum Gasteiger partial charge on any atom is -0.494 e. The topological polar surface area (TPSA) is 138 Å². The molecule has 11 nitrogen and oxygen atoms in total. The van der Waals surface area contributed by atoms with Crippen LogP contribution in [0.2, 0.25) is 5.02 Å². The smallest absolute Gasteiger partial charge is 0.247 e. The molecule has 45 heavy (non-hydrogen) atoms. The Bertz CT molecular complexity index is 1590. The maximum absolute atomic E-state index is 14.6. The van der Waals surface area contributed by atoms with Gasteiger partial charge < -0.3 is 30.9 Å². The number of anilines is 3. The van der Waals surface area contributed by atoms with Gasteiger partial charge in [-0.25, -0.2) is 18.7 Å². The van der Waals surface area contributed by atoms with Crippen molar-refractivity contribution in [2.24, 2.45) is 5.41 Å². The second-order valence-corrected chi connectivity index (χ2v) is 12.0. The molecular formula is C30H37Cl2F2N7O4. The van der Waals surface area contributed by atoms with Crippen LogP contribution in [0.15, 0.2) is 30.6 Å². The van der Waals surface area contributed by atoms with Crippen LogP contribution in [0.3, 0.4) is 0 Å². The van der Waals surface area contributed by atoms with Crippen molar-refractivity contribution in [2.75, 3.05) is 31.3 Å². The molecule has 1 saturated heterocycles. The Morgan fingerprint density at radius 3 is 2.49 bits per heavy atom. The molecule has 4 rings (SSSR count). The van der Waals surface area contributed by atoms with Crippen LogP contribution in [0.5, 0.6) is 5.75 Å². The summed E-state index contributed by atoms with van der Waals surface area (Å²) in [6.45, 7) is 7.60. The van der Waals surface area contributed by atoms with Crippen LogP contribution >= 0.6 is 24.0 Å². The van der Waals surface area contributed by atoms with Gasteiger partial charge in [0.15, 0.2) is 5.82 Å². The number of ether oxygens (including phenoxy) is 1. The number of amides is 3. The van der Waals surface area contributed by atoms with Crippen LogP contribution in [0, 0.1) is 17.0 Å². The quantitative estimate of drug-likeness (QED) is 0.239. The summed E-state index contributed by atoms with van der Waals surface area (Å²) in [4.78, 5) is 50.1. The first-order valence-corrected chi connectivity index (χ1v) is 14.5. The summed E-state index contributed by atoms with van der Waals surface area (Å²) >= 11 is 5.74.